The third kappa shape index (κ3) is 4.28. The van der Waals surface area contributed by atoms with Gasteiger partial charge in [-0.05, 0) is 36.4 Å². The van der Waals surface area contributed by atoms with Gasteiger partial charge in [0.05, 0.1) is 17.3 Å². The minimum Gasteiger partial charge on any atom is -0.497 e. The molecule has 0 bridgehead atoms. The third-order valence-electron chi connectivity index (χ3n) is 4.01. The zero-order chi connectivity index (χ0) is 18.6. The van der Waals surface area contributed by atoms with Gasteiger partial charge in [-0.25, -0.2) is 4.98 Å². The molecule has 1 aliphatic heterocycles. The number of methoxy groups -OCH3 is 1. The highest BCUT2D eigenvalue weighted by atomic mass is 32.2. The average molecular weight is 402 g/mol. The number of anilines is 1. The Morgan fingerprint density at radius 2 is 2.04 bits per heavy atom. The summed E-state index contributed by atoms with van der Waals surface area (Å²) in [6.07, 6.45) is 1.26. The van der Waals surface area contributed by atoms with E-state index in [2.05, 4.69) is 10.3 Å². The lowest BCUT2D eigenvalue weighted by Crippen LogP contribution is -2.11. The Morgan fingerprint density at radius 1 is 1.26 bits per heavy atom. The lowest BCUT2D eigenvalue weighted by molar-refractivity contribution is -0.116. The lowest BCUT2D eigenvalue weighted by Gasteiger charge is -2.04. The first-order valence-corrected chi connectivity index (χ1v) is 10.3. The van der Waals surface area contributed by atoms with Gasteiger partial charge in [0.1, 0.15) is 5.75 Å². The molecule has 2 aromatic carbocycles. The first-order chi connectivity index (χ1) is 13.2. The van der Waals surface area contributed by atoms with Crippen LogP contribution >= 0.6 is 23.1 Å². The molecule has 0 radical (unpaired) electrons. The summed E-state index contributed by atoms with van der Waals surface area (Å²) in [5, 5.41) is 3.48. The number of nitrogens with zero attached hydrogens (tertiary/aromatic N) is 1. The van der Waals surface area contributed by atoms with E-state index >= 15 is 0 Å². The number of hydrogen-bond acceptors (Lipinski definition) is 7. The summed E-state index contributed by atoms with van der Waals surface area (Å²) in [5.74, 6) is 3.12. The van der Waals surface area contributed by atoms with E-state index < -0.39 is 0 Å². The van der Waals surface area contributed by atoms with Crippen LogP contribution in [0.25, 0.3) is 10.2 Å². The number of nitrogens with one attached hydrogen (secondary N) is 1. The topological polar surface area (TPSA) is 69.7 Å². The normalized spacial score (nSPS) is 12.3. The molecule has 1 aliphatic rings. The summed E-state index contributed by atoms with van der Waals surface area (Å²) in [5.41, 5.74) is 0.801. The van der Waals surface area contributed by atoms with E-state index in [0.717, 1.165) is 33.9 Å². The minimum absolute atomic E-state index is 0.0237. The SMILES string of the molecule is COc1ccc(SCCCC(=O)Nc2nc3cc4c(cc3s2)OCO4)cc1. The second-order valence-corrected chi connectivity index (χ2v) is 8.07. The molecule has 140 valence electrons. The Hall–Kier alpha value is -2.45. The molecule has 0 spiro atoms. The van der Waals surface area contributed by atoms with Crippen molar-refractivity contribution in [1.82, 2.24) is 4.98 Å². The van der Waals surface area contributed by atoms with E-state index in [1.165, 1.54) is 16.2 Å². The van der Waals surface area contributed by atoms with Crippen LogP contribution in [-0.2, 0) is 4.79 Å². The minimum atomic E-state index is -0.0237. The molecule has 8 heteroatoms. The first-order valence-electron chi connectivity index (χ1n) is 8.48. The number of amides is 1. The van der Waals surface area contributed by atoms with Crippen LogP contribution in [0, 0.1) is 0 Å². The summed E-state index contributed by atoms with van der Waals surface area (Å²) in [4.78, 5) is 17.8. The van der Waals surface area contributed by atoms with Crippen LogP contribution in [0.4, 0.5) is 5.13 Å². The van der Waals surface area contributed by atoms with Crippen LogP contribution in [-0.4, -0.2) is 30.5 Å². The van der Waals surface area contributed by atoms with E-state index in [1.54, 1.807) is 18.9 Å². The van der Waals surface area contributed by atoms with Crippen LogP contribution < -0.4 is 19.5 Å². The maximum absolute atomic E-state index is 12.2. The van der Waals surface area contributed by atoms with Crippen molar-refractivity contribution < 1.29 is 19.0 Å². The van der Waals surface area contributed by atoms with Crippen LogP contribution in [0.15, 0.2) is 41.3 Å². The quantitative estimate of drug-likeness (QED) is 0.462. The molecular weight excluding hydrogens is 384 g/mol. The van der Waals surface area contributed by atoms with Crippen LogP contribution in [0.5, 0.6) is 17.2 Å². The molecule has 1 aromatic heterocycles. The van der Waals surface area contributed by atoms with Gasteiger partial charge >= 0.3 is 0 Å². The van der Waals surface area contributed by atoms with E-state index in [9.17, 15) is 4.79 Å². The fourth-order valence-corrected chi connectivity index (χ4v) is 4.39. The highest BCUT2D eigenvalue weighted by molar-refractivity contribution is 7.99. The van der Waals surface area contributed by atoms with Gasteiger partial charge in [0.25, 0.3) is 0 Å². The van der Waals surface area contributed by atoms with Crippen LogP contribution in [0.2, 0.25) is 0 Å². The predicted molar refractivity (Wildman–Crippen MR) is 107 cm³/mol. The van der Waals surface area contributed by atoms with E-state index in [1.807, 2.05) is 36.4 Å². The Morgan fingerprint density at radius 3 is 2.81 bits per heavy atom. The molecule has 0 saturated heterocycles. The Labute approximate surface area is 164 Å². The number of rotatable bonds is 7. The van der Waals surface area contributed by atoms with Crippen molar-refractivity contribution in [3.8, 4) is 17.2 Å². The molecule has 4 rings (SSSR count). The molecule has 0 fully saturated rings. The highest BCUT2D eigenvalue weighted by Crippen LogP contribution is 2.39. The summed E-state index contributed by atoms with van der Waals surface area (Å²) >= 11 is 3.16. The fraction of sp³-hybridized carbons (Fsp3) is 0.263. The molecule has 1 N–H and O–H groups in total. The second kappa shape index (κ2) is 8.06. The summed E-state index contributed by atoms with van der Waals surface area (Å²) in [7, 11) is 1.65. The summed E-state index contributed by atoms with van der Waals surface area (Å²) < 4.78 is 16.8. The van der Waals surface area contributed by atoms with Crippen molar-refractivity contribution in [1.29, 1.82) is 0 Å². The second-order valence-electron chi connectivity index (χ2n) is 5.87. The number of thioether (sulfide) groups is 1. The number of hydrogen-bond donors (Lipinski definition) is 1. The van der Waals surface area contributed by atoms with Gasteiger partial charge < -0.3 is 19.5 Å². The van der Waals surface area contributed by atoms with Crippen molar-refractivity contribution in [2.75, 3.05) is 25.0 Å². The van der Waals surface area contributed by atoms with E-state index in [4.69, 9.17) is 14.2 Å². The summed E-state index contributed by atoms with van der Waals surface area (Å²) in [6.45, 7) is 0.241. The monoisotopic (exact) mass is 402 g/mol. The number of thiazole rings is 1. The summed E-state index contributed by atoms with van der Waals surface area (Å²) in [6, 6.07) is 11.7. The Balaban J connectivity index is 1.26. The molecule has 27 heavy (non-hydrogen) atoms. The van der Waals surface area contributed by atoms with Crippen LogP contribution in [0.3, 0.4) is 0 Å². The van der Waals surface area contributed by atoms with Crippen molar-refractivity contribution in [2.45, 2.75) is 17.7 Å². The zero-order valence-corrected chi connectivity index (χ0v) is 16.3. The zero-order valence-electron chi connectivity index (χ0n) is 14.7. The molecule has 2 heterocycles. The molecule has 3 aromatic rings. The van der Waals surface area contributed by atoms with Crippen molar-refractivity contribution in [2.24, 2.45) is 0 Å². The average Bonchev–Trinajstić information content (AvgIpc) is 3.28. The molecule has 6 nitrogen and oxygen atoms in total. The van der Waals surface area contributed by atoms with Gasteiger partial charge in [-0.2, -0.15) is 0 Å². The number of fused-ring (bicyclic) bond motifs is 2. The Bertz CT molecular complexity index is 915. The number of carbonyl (C=O) groups is 1. The van der Waals surface area contributed by atoms with E-state index in [0.29, 0.717) is 17.3 Å². The van der Waals surface area contributed by atoms with Gasteiger partial charge in [0, 0.05) is 23.4 Å². The van der Waals surface area contributed by atoms with Crippen molar-refractivity contribution >= 4 is 44.4 Å². The number of aromatic nitrogens is 1. The maximum atomic E-state index is 12.2. The predicted octanol–water partition coefficient (Wildman–Crippen LogP) is 4.54. The first kappa shape index (κ1) is 17.9. The third-order valence-corrected chi connectivity index (χ3v) is 6.04. The van der Waals surface area contributed by atoms with Crippen molar-refractivity contribution in [3.63, 3.8) is 0 Å². The highest BCUT2D eigenvalue weighted by Gasteiger charge is 2.17. The van der Waals surface area contributed by atoms with E-state index in [-0.39, 0.29) is 12.7 Å². The van der Waals surface area contributed by atoms with Crippen LogP contribution in [0.1, 0.15) is 12.8 Å². The van der Waals surface area contributed by atoms with Gasteiger partial charge in [-0.15, -0.1) is 11.8 Å². The van der Waals surface area contributed by atoms with Gasteiger partial charge in [-0.3, -0.25) is 4.79 Å². The molecule has 0 saturated carbocycles. The smallest absolute Gasteiger partial charge is 0.231 e. The molecule has 0 atom stereocenters. The maximum Gasteiger partial charge on any atom is 0.231 e. The number of benzene rings is 2. The molecule has 0 aliphatic carbocycles. The van der Waals surface area contributed by atoms with Gasteiger partial charge in [-0.1, -0.05) is 11.3 Å². The Kier molecular flexibility index (Phi) is 5.35. The number of ether oxygens (including phenoxy) is 3. The van der Waals surface area contributed by atoms with Gasteiger partial charge in [0.2, 0.25) is 12.7 Å². The standard InChI is InChI=1S/C19H18N2O4S2/c1-23-12-4-6-13(7-5-12)26-8-2-3-18(22)21-19-20-14-9-15-16(25-11-24-15)10-17(14)27-19/h4-7,9-10H,2-3,8,11H2,1H3,(H,20,21,22). The van der Waals surface area contributed by atoms with Crippen molar-refractivity contribution in [3.05, 3.63) is 36.4 Å². The molecule has 0 unspecified atom stereocenters. The largest absolute Gasteiger partial charge is 0.497 e. The molecule has 1 amide bonds. The number of carbonyl (C=O) groups excluding carboxylic acids is 1. The lowest BCUT2D eigenvalue weighted by atomic mass is 10.3. The van der Waals surface area contributed by atoms with Gasteiger partial charge in [0.15, 0.2) is 16.6 Å². The molecular formula is C19H18N2O4S2. The fourth-order valence-electron chi connectivity index (χ4n) is 2.65.